The SMILES string of the molecule is CC(C)(C)[C@H](NC(=O)NC1([C@H]2CCCS2(=O)=O)CCCCC1)C(=O)N1C[C@H]2[C@@H]([C@H]1C(=O)N[C@@H](CCC1CC1)C(=O)C(=O)NC1CC1)C2(Cl)Cl. The number of carbonyl (C=O) groups excluding carboxylic acids is 5. The lowest BCUT2D eigenvalue weighted by molar-refractivity contribution is -0.144. The van der Waals surface area contributed by atoms with Crippen molar-refractivity contribution >= 4 is 62.6 Å². The van der Waals surface area contributed by atoms with E-state index in [0.717, 1.165) is 44.9 Å². The highest BCUT2D eigenvalue weighted by molar-refractivity contribution is 7.92. The van der Waals surface area contributed by atoms with Crippen molar-refractivity contribution in [2.45, 2.75) is 144 Å². The van der Waals surface area contributed by atoms with E-state index in [2.05, 4.69) is 21.3 Å². The maximum absolute atomic E-state index is 14.4. The molecule has 6 rings (SSSR count). The quantitative estimate of drug-likeness (QED) is 0.176. The third-order valence-corrected chi connectivity index (χ3v) is 15.1. The molecule has 0 aromatic heterocycles. The summed E-state index contributed by atoms with van der Waals surface area (Å²) in [6, 6.07) is -3.90. The molecule has 4 aliphatic carbocycles. The van der Waals surface area contributed by atoms with Crippen LogP contribution in [-0.4, -0.2) is 94.4 Å². The van der Waals surface area contributed by atoms with Crippen molar-refractivity contribution in [3.8, 4) is 0 Å². The maximum atomic E-state index is 14.4. The van der Waals surface area contributed by atoms with Crippen LogP contribution in [0.5, 0.6) is 0 Å². The van der Waals surface area contributed by atoms with Gasteiger partial charge in [0.25, 0.3) is 5.91 Å². The van der Waals surface area contributed by atoms with E-state index in [9.17, 15) is 32.4 Å². The Morgan fingerprint density at radius 3 is 2.16 bits per heavy atom. The van der Waals surface area contributed by atoms with Gasteiger partial charge in [0.15, 0.2) is 9.84 Å². The van der Waals surface area contributed by atoms with Crippen LogP contribution in [0, 0.1) is 23.2 Å². The van der Waals surface area contributed by atoms with Gasteiger partial charge in [-0.2, -0.15) is 0 Å². The zero-order valence-corrected chi connectivity index (χ0v) is 31.0. The predicted molar refractivity (Wildman–Crippen MR) is 185 cm³/mol. The largest absolute Gasteiger partial charge is 0.347 e. The van der Waals surface area contributed by atoms with E-state index in [4.69, 9.17) is 23.2 Å². The van der Waals surface area contributed by atoms with Crippen molar-refractivity contribution in [1.29, 1.82) is 0 Å². The number of Topliss-reactive ketones (excluding diaryl/α,β-unsaturated/α-hetero) is 1. The lowest BCUT2D eigenvalue weighted by atomic mass is 9.78. The van der Waals surface area contributed by atoms with Crippen LogP contribution < -0.4 is 21.3 Å². The zero-order valence-electron chi connectivity index (χ0n) is 28.7. The fourth-order valence-electron chi connectivity index (χ4n) is 8.44. The summed E-state index contributed by atoms with van der Waals surface area (Å²) in [6.45, 7) is 5.49. The van der Waals surface area contributed by atoms with Crippen LogP contribution in [0.4, 0.5) is 4.79 Å². The molecule has 0 spiro atoms. The molecule has 2 aliphatic heterocycles. The number of ketones is 1. The Labute approximate surface area is 299 Å². The number of nitrogens with one attached hydrogen (secondary N) is 4. The minimum Gasteiger partial charge on any atom is -0.347 e. The molecule has 49 heavy (non-hydrogen) atoms. The molecule has 4 N–H and O–H groups in total. The van der Waals surface area contributed by atoms with Gasteiger partial charge in [0.1, 0.15) is 16.4 Å². The smallest absolute Gasteiger partial charge is 0.315 e. The van der Waals surface area contributed by atoms with Crippen molar-refractivity contribution in [2.24, 2.45) is 23.2 Å². The standard InChI is InChI=1S/C34H51Cl2N5O7S/c1-32(2,3)27(39-31(46)40-33(15-5-4-6-16-33)23-8-7-17-49(23,47)48)30(45)41-18-21-24(34(21,35)36)25(41)28(43)38-22(14-11-19-9-10-19)26(42)29(44)37-20-12-13-20/h19-25,27H,4-18H2,1-3H3,(H,37,44)(H,38,43)(H2,39,40,46)/t21-,22-,23+,24-,25-,27+/m0/s1. The molecular weight excluding hydrogens is 693 g/mol. The number of hydrogen-bond donors (Lipinski definition) is 4. The molecule has 0 aromatic carbocycles. The molecule has 6 aliphatic rings. The van der Waals surface area contributed by atoms with E-state index >= 15 is 0 Å². The zero-order chi connectivity index (χ0) is 35.5. The second-order valence-electron chi connectivity index (χ2n) is 16.5. The summed E-state index contributed by atoms with van der Waals surface area (Å²) >= 11 is 13.2. The van der Waals surface area contributed by atoms with Crippen LogP contribution >= 0.6 is 23.2 Å². The molecule has 0 radical (unpaired) electrons. The molecule has 6 atom stereocenters. The van der Waals surface area contributed by atoms with Gasteiger partial charge in [-0.25, -0.2) is 13.2 Å². The summed E-state index contributed by atoms with van der Waals surface area (Å²) in [5.41, 5.74) is -1.71. The monoisotopic (exact) mass is 743 g/mol. The van der Waals surface area contributed by atoms with Crippen LogP contribution in [0.15, 0.2) is 0 Å². The molecule has 15 heteroatoms. The van der Waals surface area contributed by atoms with Crippen LogP contribution in [0.2, 0.25) is 0 Å². The fourth-order valence-corrected chi connectivity index (χ4v) is 11.6. The number of fused-ring (bicyclic) bond motifs is 1. The highest BCUT2D eigenvalue weighted by atomic mass is 35.5. The van der Waals surface area contributed by atoms with E-state index in [1.165, 1.54) is 4.90 Å². The molecule has 6 fully saturated rings. The minimum absolute atomic E-state index is 0.0193. The van der Waals surface area contributed by atoms with Crippen molar-refractivity contribution in [1.82, 2.24) is 26.2 Å². The fraction of sp³-hybridized carbons (Fsp3) is 0.853. The number of halogens is 2. The minimum atomic E-state index is -3.37. The molecule has 12 nitrogen and oxygen atoms in total. The number of rotatable bonds is 12. The Kier molecular flexibility index (Phi) is 10.1. The van der Waals surface area contributed by atoms with Crippen LogP contribution in [0.25, 0.3) is 0 Å². The Balaban J connectivity index is 1.19. The molecule has 2 saturated heterocycles. The van der Waals surface area contributed by atoms with Gasteiger partial charge in [-0.1, -0.05) is 52.9 Å². The molecule has 0 unspecified atom stereocenters. The summed E-state index contributed by atoms with van der Waals surface area (Å²) < 4.78 is 24.9. The van der Waals surface area contributed by atoms with Crippen molar-refractivity contribution in [3.63, 3.8) is 0 Å². The van der Waals surface area contributed by atoms with E-state index < -0.39 is 84.0 Å². The Morgan fingerprint density at radius 1 is 0.918 bits per heavy atom. The first kappa shape index (κ1) is 36.7. The lowest BCUT2D eigenvalue weighted by Crippen LogP contribution is -2.65. The molecule has 5 amide bonds. The van der Waals surface area contributed by atoms with Gasteiger partial charge < -0.3 is 26.2 Å². The van der Waals surface area contributed by atoms with Gasteiger partial charge in [-0.3, -0.25) is 19.2 Å². The molecule has 0 bridgehead atoms. The van der Waals surface area contributed by atoms with Crippen molar-refractivity contribution in [3.05, 3.63) is 0 Å². The number of sulfone groups is 1. The first-order valence-corrected chi connectivity index (χ1v) is 20.6. The van der Waals surface area contributed by atoms with E-state index in [1.54, 1.807) is 20.8 Å². The lowest BCUT2D eigenvalue weighted by Gasteiger charge is -2.43. The number of urea groups is 1. The van der Waals surface area contributed by atoms with Gasteiger partial charge in [0.05, 0.1) is 22.6 Å². The highest BCUT2D eigenvalue weighted by Gasteiger charge is 2.74. The van der Waals surface area contributed by atoms with E-state index in [1.807, 2.05) is 0 Å². The Hall–Kier alpha value is -2.12. The normalized spacial score (nSPS) is 30.8. The van der Waals surface area contributed by atoms with Gasteiger partial charge >= 0.3 is 6.03 Å². The average Bonchev–Trinajstić information content (AvgIpc) is 3.98. The average molecular weight is 745 g/mol. The predicted octanol–water partition coefficient (Wildman–Crippen LogP) is 3.13. The molecule has 0 aromatic rings. The van der Waals surface area contributed by atoms with Crippen LogP contribution in [0.3, 0.4) is 0 Å². The van der Waals surface area contributed by atoms with Crippen molar-refractivity contribution < 1.29 is 32.4 Å². The van der Waals surface area contributed by atoms with Crippen molar-refractivity contribution in [2.75, 3.05) is 12.3 Å². The number of likely N-dealkylation sites (tertiary alicyclic amines) is 1. The molecule has 4 saturated carbocycles. The maximum Gasteiger partial charge on any atom is 0.315 e. The summed E-state index contributed by atoms with van der Waals surface area (Å²) in [4.78, 5) is 69.6. The molecule has 2 heterocycles. The summed E-state index contributed by atoms with van der Waals surface area (Å²) in [5.74, 6) is -2.96. The third-order valence-electron chi connectivity index (χ3n) is 11.7. The second-order valence-corrected chi connectivity index (χ2v) is 20.3. The topological polar surface area (TPSA) is 171 Å². The van der Waals surface area contributed by atoms with Gasteiger partial charge in [0, 0.05) is 24.4 Å². The first-order valence-electron chi connectivity index (χ1n) is 18.1. The summed E-state index contributed by atoms with van der Waals surface area (Å²) in [7, 11) is -3.37. The first-order chi connectivity index (χ1) is 22.9. The highest BCUT2D eigenvalue weighted by Crippen LogP contribution is 2.65. The number of carbonyl (C=O) groups is 5. The van der Waals surface area contributed by atoms with E-state index in [0.29, 0.717) is 44.4 Å². The van der Waals surface area contributed by atoms with Crippen LogP contribution in [0.1, 0.15) is 104 Å². The molecule has 274 valence electrons. The number of nitrogens with zero attached hydrogens (tertiary/aromatic N) is 1. The molecular formula is C34H51Cl2N5O7S. The van der Waals surface area contributed by atoms with Crippen LogP contribution in [-0.2, 0) is 29.0 Å². The summed E-state index contributed by atoms with van der Waals surface area (Å²) in [5, 5.41) is 10.7. The third kappa shape index (κ3) is 7.73. The Bertz CT molecular complexity index is 1470. The number of piperidine rings is 1. The second kappa shape index (κ2) is 13.5. The number of alkyl halides is 2. The van der Waals surface area contributed by atoms with Gasteiger partial charge in [-0.05, 0) is 62.7 Å². The van der Waals surface area contributed by atoms with Gasteiger partial charge in [0.2, 0.25) is 17.6 Å². The Morgan fingerprint density at radius 2 is 1.59 bits per heavy atom. The van der Waals surface area contributed by atoms with Gasteiger partial charge in [-0.15, -0.1) is 23.2 Å². The van der Waals surface area contributed by atoms with E-state index in [-0.39, 0.29) is 24.3 Å². The number of hydrogen-bond acceptors (Lipinski definition) is 7. The summed E-state index contributed by atoms with van der Waals surface area (Å²) in [6.07, 6.45) is 9.41. The number of amides is 5.